The van der Waals surface area contributed by atoms with Crippen LogP contribution in [-0.2, 0) is 27.8 Å². The molecule has 0 saturated heterocycles. The van der Waals surface area contributed by atoms with Crippen molar-refractivity contribution >= 4 is 27.3 Å². The second kappa shape index (κ2) is 8.45. The van der Waals surface area contributed by atoms with Crippen LogP contribution in [0.15, 0.2) is 53.4 Å². The van der Waals surface area contributed by atoms with Gasteiger partial charge in [0.25, 0.3) is 10.0 Å². The number of hydrogen-bond acceptors (Lipinski definition) is 4. The minimum Gasteiger partial charge on any atom is -0.494 e. The van der Waals surface area contributed by atoms with Crippen LogP contribution in [0.2, 0.25) is 5.02 Å². The van der Waals surface area contributed by atoms with Crippen molar-refractivity contribution in [3.05, 3.63) is 76.3 Å². The fourth-order valence-corrected chi connectivity index (χ4v) is 5.18. The zero-order valence-corrected chi connectivity index (χ0v) is 18.0. The molecule has 0 unspecified atom stereocenters. The predicted octanol–water partition coefficient (Wildman–Crippen LogP) is 5.17. The van der Waals surface area contributed by atoms with Crippen LogP contribution in [-0.4, -0.2) is 22.1 Å². The number of nitrogens with one attached hydrogen (secondary N) is 1. The summed E-state index contributed by atoms with van der Waals surface area (Å²) in [5.41, 5.74) is 1.51. The number of halogens is 3. The second-order valence-corrected chi connectivity index (χ2v) is 9.04. The minimum atomic E-state index is -4.32. The Morgan fingerprint density at radius 2 is 1.84 bits per heavy atom. The Labute approximate surface area is 183 Å². The molecule has 0 atom stereocenters. The summed E-state index contributed by atoms with van der Waals surface area (Å²) in [4.78, 5) is -0.274. The van der Waals surface area contributed by atoms with Crippen LogP contribution in [0.1, 0.15) is 11.1 Å². The summed E-state index contributed by atoms with van der Waals surface area (Å²) in [5.74, 6) is -1.93. The Kier molecular flexibility index (Phi) is 5.88. The molecule has 162 valence electrons. The van der Waals surface area contributed by atoms with Gasteiger partial charge in [-0.15, -0.1) is 0 Å². The van der Waals surface area contributed by atoms with Crippen molar-refractivity contribution in [1.82, 2.24) is 0 Å². The van der Waals surface area contributed by atoms with E-state index in [4.69, 9.17) is 21.1 Å². The molecule has 31 heavy (non-hydrogen) atoms. The van der Waals surface area contributed by atoms with Gasteiger partial charge in [-0.1, -0.05) is 35.9 Å². The first-order valence-electron chi connectivity index (χ1n) is 9.34. The molecule has 3 aromatic carbocycles. The zero-order chi connectivity index (χ0) is 22.2. The quantitative estimate of drug-likeness (QED) is 0.538. The molecule has 4 rings (SSSR count). The van der Waals surface area contributed by atoms with Gasteiger partial charge in [0.05, 0.1) is 31.0 Å². The van der Waals surface area contributed by atoms with Crippen LogP contribution in [0.4, 0.5) is 14.5 Å². The average Bonchev–Trinajstić information content (AvgIpc) is 2.72. The first-order chi connectivity index (χ1) is 14.8. The molecule has 9 heteroatoms. The molecule has 1 N–H and O–H groups in total. The molecule has 0 spiro atoms. The predicted molar refractivity (Wildman–Crippen MR) is 114 cm³/mol. The van der Waals surface area contributed by atoms with E-state index in [1.807, 2.05) is 12.1 Å². The van der Waals surface area contributed by atoms with Crippen LogP contribution in [0.5, 0.6) is 5.75 Å². The van der Waals surface area contributed by atoms with Crippen molar-refractivity contribution in [1.29, 1.82) is 0 Å². The van der Waals surface area contributed by atoms with E-state index in [1.54, 1.807) is 18.2 Å². The molecular formula is C22H18ClF2NO4S. The van der Waals surface area contributed by atoms with Crippen molar-refractivity contribution < 1.29 is 26.7 Å². The number of methoxy groups -OCH3 is 1. The second-order valence-electron chi connectivity index (χ2n) is 6.99. The van der Waals surface area contributed by atoms with Gasteiger partial charge in [-0.25, -0.2) is 17.2 Å². The van der Waals surface area contributed by atoms with Gasteiger partial charge in [0.15, 0.2) is 5.75 Å². The highest BCUT2D eigenvalue weighted by Crippen LogP contribution is 2.37. The standard InChI is InChI=1S/C22H18ClF2NO4S/c1-29-22-17(23)8-13-9-21(22)31(27,28)26-20-10-16(18(24)11-19(20)25)15-5-3-2-4-14(15)6-7-30-12-13/h2-5,8-11,26H,6-7,12H2,1H3. The molecule has 1 aliphatic rings. The number of hydrogen-bond donors (Lipinski definition) is 1. The van der Waals surface area contributed by atoms with Gasteiger partial charge in [0.2, 0.25) is 0 Å². The molecule has 0 aromatic heterocycles. The maximum atomic E-state index is 14.7. The Morgan fingerprint density at radius 1 is 1.06 bits per heavy atom. The van der Waals surface area contributed by atoms with E-state index in [0.29, 0.717) is 30.2 Å². The monoisotopic (exact) mass is 465 g/mol. The minimum absolute atomic E-state index is 0.0710. The number of benzene rings is 3. The van der Waals surface area contributed by atoms with E-state index in [2.05, 4.69) is 4.72 Å². The van der Waals surface area contributed by atoms with Crippen molar-refractivity contribution in [2.45, 2.75) is 17.9 Å². The summed E-state index contributed by atoms with van der Waals surface area (Å²) in [7, 11) is -3.04. The van der Waals surface area contributed by atoms with E-state index < -0.39 is 21.7 Å². The van der Waals surface area contributed by atoms with Gasteiger partial charge in [-0.05, 0) is 41.3 Å². The summed E-state index contributed by atoms with van der Waals surface area (Å²) >= 11 is 6.22. The SMILES string of the molecule is COc1c(Cl)cc2cc1S(=O)(=O)Nc1cc(c(F)cc1F)-c1ccccc1CCOC2. The summed E-state index contributed by atoms with van der Waals surface area (Å²) < 4.78 is 68.5. The normalized spacial score (nSPS) is 15.4. The largest absolute Gasteiger partial charge is 0.494 e. The smallest absolute Gasteiger partial charge is 0.265 e. The number of anilines is 1. The first kappa shape index (κ1) is 21.5. The first-order valence-corrected chi connectivity index (χ1v) is 11.2. The maximum Gasteiger partial charge on any atom is 0.265 e. The molecule has 3 aromatic rings. The van der Waals surface area contributed by atoms with Crippen LogP contribution in [0.3, 0.4) is 0 Å². The lowest BCUT2D eigenvalue weighted by molar-refractivity contribution is 0.123. The van der Waals surface area contributed by atoms with E-state index in [-0.39, 0.29) is 33.5 Å². The third-order valence-corrected chi connectivity index (χ3v) is 6.61. The molecule has 1 heterocycles. The van der Waals surface area contributed by atoms with E-state index in [0.717, 1.165) is 11.6 Å². The fraction of sp³-hybridized carbons (Fsp3) is 0.182. The highest BCUT2D eigenvalue weighted by Gasteiger charge is 2.25. The molecule has 0 saturated carbocycles. The van der Waals surface area contributed by atoms with Crippen LogP contribution in [0, 0.1) is 11.6 Å². The van der Waals surface area contributed by atoms with Crippen molar-refractivity contribution in [2.24, 2.45) is 0 Å². The Balaban J connectivity index is 1.94. The lowest BCUT2D eigenvalue weighted by Crippen LogP contribution is -2.16. The lowest BCUT2D eigenvalue weighted by atomic mass is 9.97. The molecule has 5 nitrogen and oxygen atoms in total. The van der Waals surface area contributed by atoms with Gasteiger partial charge in [0, 0.05) is 11.6 Å². The summed E-state index contributed by atoms with van der Waals surface area (Å²) in [6, 6.07) is 11.8. The molecule has 1 aliphatic heterocycles. The van der Waals surface area contributed by atoms with Crippen LogP contribution >= 0.6 is 11.6 Å². The van der Waals surface area contributed by atoms with Gasteiger partial charge < -0.3 is 9.47 Å². The summed E-state index contributed by atoms with van der Waals surface area (Å²) in [5, 5.41) is 0.0710. The Hall–Kier alpha value is -2.68. The van der Waals surface area contributed by atoms with Gasteiger partial charge in [-0.3, -0.25) is 4.72 Å². The zero-order valence-electron chi connectivity index (χ0n) is 16.4. The molecular weight excluding hydrogens is 448 g/mol. The molecule has 4 bridgehead atoms. The molecule has 0 aliphatic carbocycles. The van der Waals surface area contributed by atoms with Crippen LogP contribution < -0.4 is 9.46 Å². The molecule has 0 amide bonds. The van der Waals surface area contributed by atoms with Crippen LogP contribution in [0.25, 0.3) is 11.1 Å². The third kappa shape index (κ3) is 4.23. The summed E-state index contributed by atoms with van der Waals surface area (Å²) in [6.07, 6.45) is 0.477. The maximum absolute atomic E-state index is 14.7. The van der Waals surface area contributed by atoms with Gasteiger partial charge in [-0.2, -0.15) is 0 Å². The number of sulfonamides is 1. The Morgan fingerprint density at radius 3 is 2.61 bits per heavy atom. The number of rotatable bonds is 1. The summed E-state index contributed by atoms with van der Waals surface area (Å²) in [6.45, 7) is 0.402. The van der Waals surface area contributed by atoms with Crippen molar-refractivity contribution in [2.75, 3.05) is 18.4 Å². The highest BCUT2D eigenvalue weighted by molar-refractivity contribution is 7.92. The molecule has 0 radical (unpaired) electrons. The fourth-order valence-electron chi connectivity index (χ4n) is 3.51. The van der Waals surface area contributed by atoms with Gasteiger partial charge >= 0.3 is 0 Å². The van der Waals surface area contributed by atoms with E-state index in [1.165, 1.54) is 13.2 Å². The van der Waals surface area contributed by atoms with E-state index in [9.17, 15) is 17.2 Å². The molecule has 0 fully saturated rings. The van der Waals surface area contributed by atoms with Gasteiger partial charge in [0.1, 0.15) is 16.5 Å². The highest BCUT2D eigenvalue weighted by atomic mass is 35.5. The number of fused-ring (bicyclic) bond motifs is 6. The number of ether oxygens (including phenoxy) is 2. The topological polar surface area (TPSA) is 64.6 Å². The van der Waals surface area contributed by atoms with Crippen molar-refractivity contribution in [3.8, 4) is 16.9 Å². The van der Waals surface area contributed by atoms with E-state index >= 15 is 0 Å². The average molecular weight is 466 g/mol. The third-order valence-electron chi connectivity index (χ3n) is 4.96. The Bertz CT molecular complexity index is 1260. The van der Waals surface area contributed by atoms with Crippen molar-refractivity contribution in [3.63, 3.8) is 0 Å². The lowest BCUT2D eigenvalue weighted by Gasteiger charge is -2.18.